The first-order chi connectivity index (χ1) is 8.63. The number of carbonyl (C=O) groups excluding carboxylic acids is 1. The molecule has 0 radical (unpaired) electrons. The topological polar surface area (TPSA) is 76.1 Å². The van der Waals surface area contributed by atoms with E-state index in [1.807, 2.05) is 0 Å². The molecule has 0 aromatic carbocycles. The van der Waals surface area contributed by atoms with Crippen molar-refractivity contribution < 1.29 is 24.2 Å². The van der Waals surface area contributed by atoms with E-state index in [-0.39, 0.29) is 18.4 Å². The number of carboxylic acid groups (broad SMARTS) is 1. The van der Waals surface area contributed by atoms with Gasteiger partial charge in [-0.2, -0.15) is 0 Å². The molecule has 6 nitrogen and oxygen atoms in total. The van der Waals surface area contributed by atoms with E-state index >= 15 is 0 Å². The molecule has 1 N–H and O–H groups in total. The number of amides is 1. The average Bonchev–Trinajstić information content (AvgIpc) is 2.34. The van der Waals surface area contributed by atoms with Gasteiger partial charge in [-0.1, -0.05) is 12.7 Å². The molecule has 2 atom stereocenters. The van der Waals surface area contributed by atoms with E-state index in [4.69, 9.17) is 9.47 Å². The van der Waals surface area contributed by atoms with E-state index in [2.05, 4.69) is 6.58 Å². The van der Waals surface area contributed by atoms with Gasteiger partial charge in [-0.15, -0.1) is 0 Å². The largest absolute Gasteiger partial charge is 0.481 e. The minimum Gasteiger partial charge on any atom is -0.481 e. The van der Waals surface area contributed by atoms with Crippen molar-refractivity contribution in [3.63, 3.8) is 0 Å². The van der Waals surface area contributed by atoms with Crippen LogP contribution in [0, 0.1) is 17.8 Å². The maximum absolute atomic E-state index is 11.7. The lowest BCUT2D eigenvalue weighted by molar-refractivity contribution is -0.159. The fourth-order valence-electron chi connectivity index (χ4n) is 2.71. The fraction of sp³-hybridized carbons (Fsp3) is 0.667. The monoisotopic (exact) mass is 255 g/mol. The van der Waals surface area contributed by atoms with Crippen LogP contribution in [0.3, 0.4) is 0 Å². The Bertz CT molecular complexity index is 342. The number of piperidine rings is 1. The van der Waals surface area contributed by atoms with Gasteiger partial charge in [0.05, 0.1) is 19.1 Å². The number of hydrogen-bond donors (Lipinski definition) is 1. The van der Waals surface area contributed by atoms with Crippen molar-refractivity contribution in [1.82, 2.24) is 4.90 Å². The number of fused-ring (bicyclic) bond motifs is 2. The number of carbonyl (C=O) groups is 2. The maximum atomic E-state index is 11.7. The standard InChI is InChI=1S/C12H17NO5/c1-2-3-18-12(16)13-4-8-6-17-7-9(5-13)10(8)11(14)15/h2,8-10H,1,3-7H2,(H,14,15). The normalized spacial score (nSPS) is 30.7. The van der Waals surface area contributed by atoms with Crippen molar-refractivity contribution in [1.29, 1.82) is 0 Å². The van der Waals surface area contributed by atoms with Crippen molar-refractivity contribution in [3.05, 3.63) is 12.7 Å². The van der Waals surface area contributed by atoms with Gasteiger partial charge in [0, 0.05) is 24.9 Å². The van der Waals surface area contributed by atoms with E-state index < -0.39 is 18.0 Å². The SMILES string of the molecule is C=CCOC(=O)N1CC2COCC(C1)C2C(=O)O. The predicted octanol–water partition coefficient (Wildman–Crippen LogP) is 0.588. The van der Waals surface area contributed by atoms with Gasteiger partial charge in [-0.05, 0) is 0 Å². The van der Waals surface area contributed by atoms with Crippen molar-refractivity contribution in [3.8, 4) is 0 Å². The second-order valence-corrected chi connectivity index (χ2v) is 4.69. The number of carboxylic acids is 1. The van der Waals surface area contributed by atoms with Crippen LogP contribution in [0.2, 0.25) is 0 Å². The Morgan fingerprint density at radius 1 is 1.39 bits per heavy atom. The summed E-state index contributed by atoms with van der Waals surface area (Å²) in [5.41, 5.74) is 0. The third-order valence-electron chi connectivity index (χ3n) is 3.46. The minimum atomic E-state index is -0.799. The van der Waals surface area contributed by atoms with Gasteiger partial charge >= 0.3 is 12.1 Å². The smallest absolute Gasteiger partial charge is 0.410 e. The lowest BCUT2D eigenvalue weighted by Crippen LogP contribution is -2.56. The van der Waals surface area contributed by atoms with Gasteiger partial charge in [0.2, 0.25) is 0 Å². The van der Waals surface area contributed by atoms with E-state index in [9.17, 15) is 14.7 Å². The Kier molecular flexibility index (Phi) is 3.86. The maximum Gasteiger partial charge on any atom is 0.410 e. The van der Waals surface area contributed by atoms with Crippen LogP contribution in [0.5, 0.6) is 0 Å². The third-order valence-corrected chi connectivity index (χ3v) is 3.46. The Morgan fingerprint density at radius 3 is 2.50 bits per heavy atom. The van der Waals surface area contributed by atoms with Crippen LogP contribution < -0.4 is 0 Å². The van der Waals surface area contributed by atoms with Crippen LogP contribution in [-0.2, 0) is 14.3 Å². The summed E-state index contributed by atoms with van der Waals surface area (Å²) < 4.78 is 10.3. The zero-order valence-electron chi connectivity index (χ0n) is 10.1. The second-order valence-electron chi connectivity index (χ2n) is 4.69. The zero-order valence-corrected chi connectivity index (χ0v) is 10.1. The Labute approximate surface area is 105 Å². The Balaban J connectivity index is 2.01. The van der Waals surface area contributed by atoms with E-state index in [0.717, 1.165) is 0 Å². The van der Waals surface area contributed by atoms with Gasteiger partial charge in [0.25, 0.3) is 0 Å². The summed E-state index contributed by atoms with van der Waals surface area (Å²) in [4.78, 5) is 24.5. The summed E-state index contributed by atoms with van der Waals surface area (Å²) in [6.45, 7) is 5.18. The van der Waals surface area contributed by atoms with Crippen LogP contribution >= 0.6 is 0 Å². The first kappa shape index (κ1) is 12.9. The molecule has 18 heavy (non-hydrogen) atoms. The lowest BCUT2D eigenvalue weighted by atomic mass is 9.77. The molecule has 2 aliphatic rings. The van der Waals surface area contributed by atoms with E-state index in [1.165, 1.54) is 6.08 Å². The number of likely N-dealkylation sites (tertiary alicyclic amines) is 1. The van der Waals surface area contributed by atoms with Crippen molar-refractivity contribution in [2.45, 2.75) is 0 Å². The van der Waals surface area contributed by atoms with Crippen molar-refractivity contribution in [2.24, 2.45) is 17.8 Å². The molecule has 0 saturated carbocycles. The molecule has 2 saturated heterocycles. The van der Waals surface area contributed by atoms with Gasteiger partial charge in [-0.25, -0.2) is 4.79 Å². The molecule has 2 aliphatic heterocycles. The molecule has 2 bridgehead atoms. The lowest BCUT2D eigenvalue weighted by Gasteiger charge is -2.44. The third kappa shape index (κ3) is 2.48. The molecule has 0 aromatic heterocycles. The van der Waals surface area contributed by atoms with Gasteiger partial charge in [0.1, 0.15) is 6.61 Å². The first-order valence-corrected chi connectivity index (χ1v) is 5.96. The van der Waals surface area contributed by atoms with E-state index in [1.54, 1.807) is 4.90 Å². The van der Waals surface area contributed by atoms with Crippen LogP contribution in [0.15, 0.2) is 12.7 Å². The highest BCUT2D eigenvalue weighted by Gasteiger charge is 2.45. The molecular formula is C12H17NO5. The quantitative estimate of drug-likeness (QED) is 0.747. The summed E-state index contributed by atoms with van der Waals surface area (Å²) in [6, 6.07) is 0. The summed E-state index contributed by atoms with van der Waals surface area (Å²) in [5.74, 6) is -1.51. The predicted molar refractivity (Wildman–Crippen MR) is 62.0 cm³/mol. The fourth-order valence-corrected chi connectivity index (χ4v) is 2.71. The molecule has 2 fully saturated rings. The van der Waals surface area contributed by atoms with Crippen LogP contribution in [0.4, 0.5) is 4.79 Å². The van der Waals surface area contributed by atoms with Gasteiger partial charge in [0.15, 0.2) is 0 Å². The van der Waals surface area contributed by atoms with Gasteiger partial charge < -0.3 is 19.5 Å². The average molecular weight is 255 g/mol. The van der Waals surface area contributed by atoms with Gasteiger partial charge in [-0.3, -0.25) is 4.79 Å². The molecule has 2 heterocycles. The molecule has 100 valence electrons. The Hall–Kier alpha value is -1.56. The molecule has 0 aromatic rings. The number of nitrogens with zero attached hydrogens (tertiary/aromatic N) is 1. The number of aliphatic carboxylic acids is 1. The highest BCUT2D eigenvalue weighted by molar-refractivity contribution is 5.73. The summed E-state index contributed by atoms with van der Waals surface area (Å²) in [5, 5.41) is 9.21. The molecule has 6 heteroatoms. The second kappa shape index (κ2) is 5.39. The molecule has 2 rings (SSSR count). The minimum absolute atomic E-state index is 0.147. The summed E-state index contributed by atoms with van der Waals surface area (Å²) >= 11 is 0. The summed E-state index contributed by atoms with van der Waals surface area (Å²) in [6.07, 6.45) is 1.10. The summed E-state index contributed by atoms with van der Waals surface area (Å²) in [7, 11) is 0. The molecule has 0 spiro atoms. The number of rotatable bonds is 3. The van der Waals surface area contributed by atoms with Crippen LogP contribution in [0.25, 0.3) is 0 Å². The molecule has 2 unspecified atom stereocenters. The number of hydrogen-bond acceptors (Lipinski definition) is 4. The molecular weight excluding hydrogens is 238 g/mol. The Morgan fingerprint density at radius 2 is 2.00 bits per heavy atom. The van der Waals surface area contributed by atoms with Crippen molar-refractivity contribution in [2.75, 3.05) is 32.9 Å². The van der Waals surface area contributed by atoms with Crippen LogP contribution in [-0.4, -0.2) is 55.0 Å². The van der Waals surface area contributed by atoms with Crippen molar-refractivity contribution >= 4 is 12.1 Å². The highest BCUT2D eigenvalue weighted by atomic mass is 16.6. The molecule has 1 amide bonds. The highest BCUT2D eigenvalue weighted by Crippen LogP contribution is 2.33. The first-order valence-electron chi connectivity index (χ1n) is 5.96. The zero-order chi connectivity index (χ0) is 13.1. The van der Waals surface area contributed by atoms with E-state index in [0.29, 0.717) is 26.3 Å². The van der Waals surface area contributed by atoms with Crippen LogP contribution in [0.1, 0.15) is 0 Å². The number of ether oxygens (including phenoxy) is 2. The molecule has 0 aliphatic carbocycles.